The third-order valence-corrected chi connectivity index (χ3v) is 10.8. The Morgan fingerprint density at radius 2 is 1.36 bits per heavy atom. The monoisotopic (exact) mass is 493 g/mol. The molecule has 1 aromatic rings. The first-order chi connectivity index (χ1) is 15.0. The van der Waals surface area contributed by atoms with Crippen molar-refractivity contribution in [2.75, 3.05) is 14.2 Å². The van der Waals surface area contributed by atoms with Crippen molar-refractivity contribution in [3.63, 3.8) is 0 Å². The highest BCUT2D eigenvalue weighted by Crippen LogP contribution is 2.87. The Morgan fingerprint density at radius 3 is 1.64 bits per heavy atom. The lowest BCUT2D eigenvalue weighted by atomic mass is 9.74. The maximum Gasteiger partial charge on any atom is 0.192 e. The largest absolute Gasteiger partial charge is 0.494 e. The Kier molecular flexibility index (Phi) is 8.05. The molecule has 0 fully saturated rings. The highest BCUT2D eigenvalue weighted by Gasteiger charge is 2.51. The second-order valence-corrected chi connectivity index (χ2v) is 15.3. The average molecular weight is 494 g/mol. The first kappa shape index (κ1) is 28.1. The van der Waals surface area contributed by atoms with Crippen molar-refractivity contribution in [3.8, 4) is 0 Å². The fraction of sp³-hybridized carbons (Fsp3) is 0.643. The number of nitrogens with zero attached hydrogens (tertiary/aromatic N) is 1. The molecular weight excluding hydrogens is 449 g/mol. The number of methoxy groups -OCH3 is 2. The van der Waals surface area contributed by atoms with E-state index in [4.69, 9.17) is 25.8 Å². The Bertz CT molecular complexity index is 974. The van der Waals surface area contributed by atoms with Crippen LogP contribution >= 0.6 is 18.7 Å². The number of hydrogen-bond donors (Lipinski definition) is 0. The zero-order valence-electron chi connectivity index (χ0n) is 23.2. The van der Waals surface area contributed by atoms with Crippen LogP contribution in [-0.4, -0.2) is 14.2 Å². The highest BCUT2D eigenvalue weighted by molar-refractivity contribution is 7.85. The van der Waals surface area contributed by atoms with Crippen LogP contribution in [0.3, 0.4) is 0 Å². The Morgan fingerprint density at radius 1 is 0.879 bits per heavy atom. The predicted molar refractivity (Wildman–Crippen MR) is 146 cm³/mol. The minimum absolute atomic E-state index is 0.0449. The summed E-state index contributed by atoms with van der Waals surface area (Å²) < 4.78 is 17.2. The third-order valence-electron chi connectivity index (χ3n) is 6.38. The molecule has 0 amide bonds. The summed E-state index contributed by atoms with van der Waals surface area (Å²) in [6.07, 6.45) is 1.67. The number of allylic oxidation sites excluding steroid dienone is 2. The number of hydrogen-bond acceptors (Lipinski definition) is 3. The molecule has 0 bridgehead atoms. The van der Waals surface area contributed by atoms with Crippen molar-refractivity contribution < 1.29 is 9.47 Å². The van der Waals surface area contributed by atoms with E-state index in [2.05, 4.69) is 88.3 Å². The zero-order valence-corrected chi connectivity index (χ0v) is 24.8. The van der Waals surface area contributed by atoms with Gasteiger partial charge in [-0.15, -0.1) is 0 Å². The average Bonchev–Trinajstić information content (AvgIpc) is 3.31. The molecule has 186 valence electrons. The van der Waals surface area contributed by atoms with E-state index in [0.29, 0.717) is 5.22 Å². The van der Waals surface area contributed by atoms with Crippen molar-refractivity contribution in [1.82, 2.24) is 0 Å². The third kappa shape index (κ3) is 5.25. The lowest BCUT2D eigenvalue weighted by Crippen LogP contribution is -2.21. The van der Waals surface area contributed by atoms with Gasteiger partial charge in [-0.3, -0.25) is 4.74 Å². The van der Waals surface area contributed by atoms with E-state index in [1.807, 2.05) is 0 Å². The molecule has 1 unspecified atom stereocenters. The van der Waals surface area contributed by atoms with Crippen molar-refractivity contribution in [2.45, 2.75) is 105 Å². The summed E-state index contributed by atoms with van der Waals surface area (Å²) in [6, 6.07) is 4.75. The van der Waals surface area contributed by atoms with Gasteiger partial charge in [-0.25, -0.2) is 0 Å². The van der Waals surface area contributed by atoms with Crippen LogP contribution in [0.1, 0.15) is 106 Å². The molecule has 0 N–H and O–H groups in total. The van der Waals surface area contributed by atoms with Gasteiger partial charge in [0.05, 0.1) is 27.0 Å². The van der Waals surface area contributed by atoms with Crippen LogP contribution in [0.4, 0.5) is 5.69 Å². The minimum Gasteiger partial charge on any atom is -0.494 e. The molecular formula is C28H45ClNO2P. The van der Waals surface area contributed by atoms with E-state index in [9.17, 15) is 0 Å². The van der Waals surface area contributed by atoms with Gasteiger partial charge in [0.15, 0.2) is 5.22 Å². The van der Waals surface area contributed by atoms with Crippen molar-refractivity contribution in [2.24, 2.45) is 4.74 Å². The molecule has 0 aliphatic carbocycles. The van der Waals surface area contributed by atoms with Crippen LogP contribution in [0, 0.1) is 0 Å². The van der Waals surface area contributed by atoms with Gasteiger partial charge in [-0.2, -0.15) is 0 Å². The van der Waals surface area contributed by atoms with Crippen molar-refractivity contribution >= 4 is 24.3 Å². The van der Waals surface area contributed by atoms with E-state index in [1.54, 1.807) is 14.2 Å². The van der Waals surface area contributed by atoms with Gasteiger partial charge in [-0.05, 0) is 57.4 Å². The van der Waals surface area contributed by atoms with Crippen LogP contribution in [0.15, 0.2) is 38.2 Å². The molecule has 33 heavy (non-hydrogen) atoms. The maximum absolute atomic E-state index is 6.65. The Hall–Kier alpha value is -1.18. The maximum atomic E-state index is 6.65. The van der Waals surface area contributed by atoms with Crippen LogP contribution in [0.25, 0.3) is 0 Å². The number of benzene rings is 1. The van der Waals surface area contributed by atoms with Gasteiger partial charge < -0.3 is 9.47 Å². The first-order valence-electron chi connectivity index (χ1n) is 12.0. The van der Waals surface area contributed by atoms with E-state index in [0.717, 1.165) is 29.3 Å². The molecule has 0 saturated carbocycles. The molecule has 0 saturated heterocycles. The van der Waals surface area contributed by atoms with E-state index >= 15 is 0 Å². The highest BCUT2D eigenvalue weighted by atomic mass is 35.5. The predicted octanol–water partition coefficient (Wildman–Crippen LogP) is 10.1. The van der Waals surface area contributed by atoms with Crippen molar-refractivity contribution in [3.05, 3.63) is 50.2 Å². The smallest absolute Gasteiger partial charge is 0.192 e. The molecule has 3 nitrogen and oxygen atoms in total. The minimum atomic E-state index is -2.21. The molecule has 0 spiro atoms. The van der Waals surface area contributed by atoms with E-state index in [-0.39, 0.29) is 16.2 Å². The summed E-state index contributed by atoms with van der Waals surface area (Å²) in [5, 5.41) is 2.81. The second kappa shape index (κ2) is 9.46. The Labute approximate surface area is 208 Å². The van der Waals surface area contributed by atoms with Crippen molar-refractivity contribution in [1.29, 1.82) is 0 Å². The van der Waals surface area contributed by atoms with Gasteiger partial charge >= 0.3 is 0 Å². The fourth-order valence-electron chi connectivity index (χ4n) is 4.42. The fourth-order valence-corrected chi connectivity index (χ4v) is 8.92. The molecule has 5 heteroatoms. The molecule has 0 aromatic heterocycles. The molecule has 2 rings (SSSR count). The lowest BCUT2D eigenvalue weighted by molar-refractivity contribution is 0.318. The van der Waals surface area contributed by atoms with Crippen LogP contribution in [-0.2, 0) is 25.7 Å². The van der Waals surface area contributed by atoms with Crippen LogP contribution in [0.5, 0.6) is 0 Å². The number of rotatable bonds is 6. The standard InChI is InChI=1S/C28H45ClNO2P/c1-14-21(24(29)31-12)33(22(15-2)25(33)32-13)30-23-19(27(6,7)8)16-18(26(3,4)5)17-20(23)28(9,10)11/h16-17H,14-15H2,1-13H3/b24-21-. The summed E-state index contributed by atoms with van der Waals surface area (Å²) in [5.74, 6) is 0. The molecule has 0 radical (unpaired) electrons. The summed E-state index contributed by atoms with van der Waals surface area (Å²) in [6.45, 7) is 24.8. The molecule has 1 atom stereocenters. The van der Waals surface area contributed by atoms with Gasteiger partial charge in [-0.1, -0.05) is 88.3 Å². The lowest BCUT2D eigenvalue weighted by Gasteiger charge is -2.32. The summed E-state index contributed by atoms with van der Waals surface area (Å²) in [7, 11) is 1.19. The van der Waals surface area contributed by atoms with Crippen LogP contribution < -0.4 is 0 Å². The molecule has 1 aromatic carbocycles. The topological polar surface area (TPSA) is 30.8 Å². The number of ether oxygens (including phenoxy) is 2. The summed E-state index contributed by atoms with van der Waals surface area (Å²) in [5.41, 5.74) is 5.92. The number of halogens is 1. The summed E-state index contributed by atoms with van der Waals surface area (Å²) >= 11 is 6.65. The van der Waals surface area contributed by atoms with Gasteiger partial charge in [0, 0.05) is 10.6 Å². The first-order valence-corrected chi connectivity index (χ1v) is 14.2. The molecule has 1 aliphatic heterocycles. The summed E-state index contributed by atoms with van der Waals surface area (Å²) in [4.78, 5) is 0. The SMILES string of the molecule is CCC1=C(OC)P1(=Nc1c(C(C)(C)C)cc(C(C)(C)C)cc1C(C)(C)C)/C(CC)=C(/Cl)OC. The second-order valence-electron chi connectivity index (χ2n) is 12.0. The van der Waals surface area contributed by atoms with Crippen LogP contribution in [0.2, 0.25) is 0 Å². The molecule has 1 aliphatic rings. The zero-order chi connectivity index (χ0) is 25.6. The Balaban J connectivity index is 3.12. The van der Waals surface area contributed by atoms with Gasteiger partial charge in [0.1, 0.15) is 5.50 Å². The quantitative estimate of drug-likeness (QED) is 0.291. The van der Waals surface area contributed by atoms with E-state index in [1.165, 1.54) is 22.0 Å². The van der Waals surface area contributed by atoms with Gasteiger partial charge in [0.25, 0.3) is 0 Å². The normalized spacial score (nSPS) is 19.9. The molecule has 1 heterocycles. The van der Waals surface area contributed by atoms with Gasteiger partial charge in [0.2, 0.25) is 0 Å². The van der Waals surface area contributed by atoms with E-state index < -0.39 is 7.05 Å².